The van der Waals surface area contributed by atoms with Gasteiger partial charge in [0.2, 0.25) is 12.7 Å². The molecule has 0 saturated carbocycles. The summed E-state index contributed by atoms with van der Waals surface area (Å²) in [5, 5.41) is 36.1. The Morgan fingerprint density at radius 2 is 1.86 bits per heavy atom. The molecule has 12 nitrogen and oxygen atoms in total. The monoisotopic (exact) mass is 683 g/mol. The number of amides is 1. The van der Waals surface area contributed by atoms with Crippen molar-refractivity contribution in [2.75, 3.05) is 13.3 Å². The summed E-state index contributed by atoms with van der Waals surface area (Å²) in [6.07, 6.45) is 5.80. The molecule has 0 spiro atoms. The van der Waals surface area contributed by atoms with Crippen molar-refractivity contribution < 1.29 is 43.9 Å². The Labute approximate surface area is 289 Å². The maximum atomic E-state index is 13.7. The maximum absolute atomic E-state index is 13.7. The van der Waals surface area contributed by atoms with Crippen LogP contribution in [0, 0.1) is 0 Å². The summed E-state index contributed by atoms with van der Waals surface area (Å²) in [5.41, 5.74) is 2.23. The number of ketones is 1. The molecule has 0 radical (unpaired) electrons. The second-order valence-corrected chi connectivity index (χ2v) is 12.6. The Kier molecular flexibility index (Phi) is 10.7. The molecule has 0 bridgehead atoms. The van der Waals surface area contributed by atoms with Crippen LogP contribution in [0.3, 0.4) is 0 Å². The van der Waals surface area contributed by atoms with Gasteiger partial charge in [-0.1, -0.05) is 30.4 Å². The standard InChI is InChI=1S/C38H41N3O9/c1-23-8-7-11-26(43)10-4-2-3-9-25-18-30(44)36(37(46)35(25)38(47)50-23)27(24-14-15-31-32(19-24)49-22-48-31)20-34(45)39-16-17-41-29-13-6-5-12-28(29)40-33(41)21-42/h3,5-6,9,12-15,18-19,23,27,42,44,46H,2,4,7-8,10-11,16-17,20-22H2,1H3,(H,39,45)/b9-3+/t23-,27?/m0/s1. The van der Waals surface area contributed by atoms with E-state index in [0.717, 1.165) is 11.0 Å². The zero-order chi connectivity index (χ0) is 35.2. The van der Waals surface area contributed by atoms with Crippen molar-refractivity contribution in [3.63, 3.8) is 0 Å². The van der Waals surface area contributed by atoms with Crippen LogP contribution >= 0.6 is 0 Å². The van der Waals surface area contributed by atoms with Gasteiger partial charge >= 0.3 is 5.97 Å². The van der Waals surface area contributed by atoms with E-state index in [4.69, 9.17) is 14.2 Å². The average molecular weight is 684 g/mol. The van der Waals surface area contributed by atoms with Crippen molar-refractivity contribution in [3.8, 4) is 23.0 Å². The molecule has 0 fully saturated rings. The van der Waals surface area contributed by atoms with Gasteiger partial charge in [-0.2, -0.15) is 0 Å². The third-order valence-corrected chi connectivity index (χ3v) is 9.12. The number of allylic oxidation sites excluding steroid dienone is 1. The Bertz CT molecular complexity index is 1930. The number of cyclic esters (lactones) is 1. The van der Waals surface area contributed by atoms with Crippen LogP contribution < -0.4 is 14.8 Å². The van der Waals surface area contributed by atoms with Gasteiger partial charge in [0.15, 0.2) is 11.5 Å². The molecule has 12 heteroatoms. The molecule has 2 atom stereocenters. The van der Waals surface area contributed by atoms with Gasteiger partial charge in [-0.25, -0.2) is 9.78 Å². The van der Waals surface area contributed by atoms with Crippen LogP contribution in [-0.4, -0.2) is 62.0 Å². The van der Waals surface area contributed by atoms with Gasteiger partial charge in [0.25, 0.3) is 0 Å². The number of imidazole rings is 1. The maximum Gasteiger partial charge on any atom is 0.342 e. The van der Waals surface area contributed by atoms with Crippen LogP contribution in [-0.2, 0) is 27.5 Å². The number of para-hydroxylation sites is 2. The number of aromatic hydroxyl groups is 2. The number of carbonyl (C=O) groups is 3. The number of nitrogens with zero attached hydrogens (tertiary/aromatic N) is 2. The second kappa shape index (κ2) is 15.5. The number of fused-ring (bicyclic) bond motifs is 3. The number of Topliss-reactive ketones (excluding diaryl/α,β-unsaturated/α-hetero) is 1. The molecular weight excluding hydrogens is 642 g/mol. The Morgan fingerprint density at radius 1 is 1.06 bits per heavy atom. The molecule has 4 aromatic rings. The summed E-state index contributed by atoms with van der Waals surface area (Å²) in [6, 6.07) is 14.0. The Hall–Kier alpha value is -5.36. The molecule has 0 saturated heterocycles. The summed E-state index contributed by atoms with van der Waals surface area (Å²) < 4.78 is 18.6. The van der Waals surface area contributed by atoms with Crippen molar-refractivity contribution >= 4 is 34.8 Å². The summed E-state index contributed by atoms with van der Waals surface area (Å²) in [5.74, 6) is -1.26. The Morgan fingerprint density at radius 3 is 2.70 bits per heavy atom. The predicted molar refractivity (Wildman–Crippen MR) is 184 cm³/mol. The smallest absolute Gasteiger partial charge is 0.342 e. The minimum atomic E-state index is -0.912. The number of esters is 1. The molecule has 50 heavy (non-hydrogen) atoms. The number of phenols is 2. The first-order valence-corrected chi connectivity index (χ1v) is 16.9. The third kappa shape index (κ3) is 7.60. The fraction of sp³-hybridized carbons (Fsp3) is 0.368. The lowest BCUT2D eigenvalue weighted by Gasteiger charge is -2.23. The number of carbonyl (C=O) groups excluding carboxylic acids is 3. The van der Waals surface area contributed by atoms with E-state index < -0.39 is 23.7 Å². The average Bonchev–Trinajstić information content (AvgIpc) is 3.71. The number of aliphatic hydroxyl groups is 1. The number of rotatable bonds is 8. The fourth-order valence-corrected chi connectivity index (χ4v) is 6.60. The van der Waals surface area contributed by atoms with Crippen LogP contribution in [0.15, 0.2) is 54.6 Å². The quantitative estimate of drug-likeness (QED) is 0.174. The lowest BCUT2D eigenvalue weighted by molar-refractivity contribution is -0.121. The first kappa shape index (κ1) is 34.5. The second-order valence-electron chi connectivity index (χ2n) is 12.6. The first-order chi connectivity index (χ1) is 24.2. The topological polar surface area (TPSA) is 169 Å². The fourth-order valence-electron chi connectivity index (χ4n) is 6.60. The van der Waals surface area contributed by atoms with E-state index in [1.165, 1.54) is 6.07 Å². The van der Waals surface area contributed by atoms with E-state index in [2.05, 4.69) is 10.3 Å². The van der Waals surface area contributed by atoms with Gasteiger partial charge in [0.1, 0.15) is 35.3 Å². The number of ether oxygens (including phenoxy) is 3. The van der Waals surface area contributed by atoms with Gasteiger partial charge in [-0.05, 0) is 74.1 Å². The van der Waals surface area contributed by atoms with E-state index in [1.54, 1.807) is 37.3 Å². The molecule has 3 aromatic carbocycles. The molecule has 2 aliphatic rings. The summed E-state index contributed by atoms with van der Waals surface area (Å²) in [7, 11) is 0. The molecule has 1 amide bonds. The molecule has 1 unspecified atom stereocenters. The summed E-state index contributed by atoms with van der Waals surface area (Å²) >= 11 is 0. The van der Waals surface area contributed by atoms with Crippen LogP contribution in [0.25, 0.3) is 17.1 Å². The predicted octanol–water partition coefficient (Wildman–Crippen LogP) is 5.49. The van der Waals surface area contributed by atoms with E-state index in [-0.39, 0.29) is 60.5 Å². The van der Waals surface area contributed by atoms with Crippen molar-refractivity contribution in [1.82, 2.24) is 14.9 Å². The number of nitrogens with one attached hydrogen (secondary N) is 1. The highest BCUT2D eigenvalue weighted by molar-refractivity contribution is 5.98. The molecular formula is C38H41N3O9. The van der Waals surface area contributed by atoms with Crippen LogP contribution in [0.2, 0.25) is 0 Å². The third-order valence-electron chi connectivity index (χ3n) is 9.12. The zero-order valence-corrected chi connectivity index (χ0v) is 27.9. The molecule has 6 rings (SSSR count). The highest BCUT2D eigenvalue weighted by Gasteiger charge is 2.32. The van der Waals surface area contributed by atoms with Gasteiger partial charge in [-0.15, -0.1) is 0 Å². The zero-order valence-electron chi connectivity index (χ0n) is 27.9. The van der Waals surface area contributed by atoms with Crippen molar-refractivity contribution in [3.05, 3.63) is 82.7 Å². The van der Waals surface area contributed by atoms with Gasteiger partial charge in [0, 0.05) is 43.8 Å². The number of hydrogen-bond donors (Lipinski definition) is 4. The number of benzene rings is 3. The van der Waals surface area contributed by atoms with Crippen molar-refractivity contribution in [1.29, 1.82) is 0 Å². The minimum absolute atomic E-state index is 0.00866. The van der Waals surface area contributed by atoms with E-state index >= 15 is 0 Å². The Balaban J connectivity index is 1.32. The van der Waals surface area contributed by atoms with Gasteiger partial charge in [-0.3, -0.25) is 9.59 Å². The minimum Gasteiger partial charge on any atom is -0.507 e. The largest absolute Gasteiger partial charge is 0.507 e. The number of aromatic nitrogens is 2. The summed E-state index contributed by atoms with van der Waals surface area (Å²) in [4.78, 5) is 43.9. The number of hydrogen-bond acceptors (Lipinski definition) is 10. The van der Waals surface area contributed by atoms with Crippen LogP contribution in [0.4, 0.5) is 0 Å². The highest BCUT2D eigenvalue weighted by atomic mass is 16.7. The lowest BCUT2D eigenvalue weighted by Crippen LogP contribution is -2.29. The molecule has 262 valence electrons. The van der Waals surface area contributed by atoms with Gasteiger partial charge in [0.05, 0.1) is 17.1 Å². The molecule has 0 aliphatic carbocycles. The molecule has 2 aliphatic heterocycles. The van der Waals surface area contributed by atoms with Crippen molar-refractivity contribution in [2.24, 2.45) is 0 Å². The lowest BCUT2D eigenvalue weighted by atomic mass is 9.84. The summed E-state index contributed by atoms with van der Waals surface area (Å²) in [6.45, 7) is 2.06. The van der Waals surface area contributed by atoms with Crippen LogP contribution in [0.1, 0.15) is 90.7 Å². The highest BCUT2D eigenvalue weighted by Crippen LogP contribution is 2.46. The van der Waals surface area contributed by atoms with Gasteiger partial charge < -0.3 is 39.4 Å². The van der Waals surface area contributed by atoms with Crippen molar-refractivity contribution in [2.45, 2.75) is 77.0 Å². The molecule has 3 heterocycles. The number of aliphatic hydroxyl groups excluding tert-OH is 1. The number of phenolic OH excluding ortho intramolecular Hbond substituents is 2. The molecule has 4 N–H and O–H groups in total. The molecule has 1 aromatic heterocycles. The SMILES string of the molecule is C[C@H]1CCCC(=O)CCC/C=C/c2cc(O)c(C(CC(=O)NCCn3c(CO)nc4ccccc43)c3ccc4c(c3)OCO4)c(O)c2C(=O)O1. The van der Waals surface area contributed by atoms with E-state index in [1.807, 2.05) is 28.8 Å². The van der Waals surface area contributed by atoms with Crippen LogP contribution in [0.5, 0.6) is 23.0 Å². The normalized spacial score (nSPS) is 17.8. The van der Waals surface area contributed by atoms with E-state index in [9.17, 15) is 29.7 Å². The van der Waals surface area contributed by atoms with E-state index in [0.29, 0.717) is 68.0 Å². The first-order valence-electron chi connectivity index (χ1n) is 16.9.